The number of rotatable bonds is 3. The van der Waals surface area contributed by atoms with E-state index in [4.69, 9.17) is 5.73 Å². The molecule has 0 spiro atoms. The molecule has 2 aliphatic rings. The molecule has 174 valence electrons. The average Bonchev–Trinajstić information content (AvgIpc) is 3.45. The van der Waals surface area contributed by atoms with Gasteiger partial charge in [0, 0.05) is 59.5 Å². The number of hydrogen-bond donors (Lipinski definition) is 4. The number of hydrogen-bond acceptors (Lipinski definition) is 5. The number of nitrogens with zero attached hydrogens (tertiary/aromatic N) is 1. The molecule has 8 nitrogen and oxygen atoms in total. The van der Waals surface area contributed by atoms with E-state index in [1.54, 1.807) is 0 Å². The predicted molar refractivity (Wildman–Crippen MR) is 134 cm³/mol. The molecule has 1 saturated heterocycles. The molecule has 4 aromatic rings. The van der Waals surface area contributed by atoms with Gasteiger partial charge >= 0.3 is 0 Å². The van der Waals surface area contributed by atoms with Crippen molar-refractivity contribution in [3.05, 3.63) is 77.4 Å². The van der Waals surface area contributed by atoms with Gasteiger partial charge in [0.1, 0.15) is 0 Å². The van der Waals surface area contributed by atoms with Crippen LogP contribution in [0.3, 0.4) is 0 Å². The number of carbonyl (C=O) groups is 3. The second kappa shape index (κ2) is 8.11. The van der Waals surface area contributed by atoms with Crippen molar-refractivity contribution < 1.29 is 14.4 Å². The van der Waals surface area contributed by atoms with E-state index >= 15 is 0 Å². The Kier molecular flexibility index (Phi) is 4.89. The number of fused-ring (bicyclic) bond motifs is 2. The summed E-state index contributed by atoms with van der Waals surface area (Å²) in [6, 6.07) is 18.8. The van der Waals surface area contributed by atoms with Gasteiger partial charge in [-0.1, -0.05) is 30.3 Å². The molecular formula is C27H23N5O3. The Balaban J connectivity index is 1.48. The maximum absolute atomic E-state index is 13.0. The van der Waals surface area contributed by atoms with Gasteiger partial charge in [0.15, 0.2) is 0 Å². The topological polar surface area (TPSA) is 120 Å². The molecule has 1 fully saturated rings. The highest BCUT2D eigenvalue weighted by atomic mass is 16.2. The fourth-order valence-electron chi connectivity index (χ4n) is 4.93. The Morgan fingerprint density at radius 2 is 1.60 bits per heavy atom. The van der Waals surface area contributed by atoms with Gasteiger partial charge in [-0.2, -0.15) is 0 Å². The Bertz CT molecular complexity index is 1520. The predicted octanol–water partition coefficient (Wildman–Crippen LogP) is 3.01. The summed E-state index contributed by atoms with van der Waals surface area (Å²) in [6.45, 7) is 2.93. The van der Waals surface area contributed by atoms with E-state index in [1.165, 1.54) is 0 Å². The van der Waals surface area contributed by atoms with Crippen LogP contribution in [0.15, 0.2) is 60.7 Å². The lowest BCUT2D eigenvalue weighted by Gasteiger charge is -2.27. The number of benzene rings is 3. The number of carbonyl (C=O) groups excluding carboxylic acids is 3. The first-order valence-corrected chi connectivity index (χ1v) is 11.5. The van der Waals surface area contributed by atoms with Gasteiger partial charge in [-0.25, -0.2) is 0 Å². The van der Waals surface area contributed by atoms with Gasteiger partial charge in [-0.15, -0.1) is 0 Å². The molecule has 0 unspecified atom stereocenters. The number of nitrogens with one attached hydrogen (secondary N) is 3. The molecular weight excluding hydrogens is 442 g/mol. The van der Waals surface area contributed by atoms with Gasteiger partial charge < -0.3 is 20.9 Å². The van der Waals surface area contributed by atoms with Crippen LogP contribution in [0.1, 0.15) is 31.1 Å². The van der Waals surface area contributed by atoms with Crippen molar-refractivity contribution in [3.63, 3.8) is 0 Å². The third-order valence-electron chi connectivity index (χ3n) is 6.70. The number of nitrogen functional groups attached to an aromatic ring is 1. The average molecular weight is 466 g/mol. The van der Waals surface area contributed by atoms with E-state index in [1.807, 2.05) is 65.6 Å². The molecule has 0 atom stereocenters. The number of piperazine rings is 1. The van der Waals surface area contributed by atoms with Crippen LogP contribution in [0.2, 0.25) is 0 Å². The van der Waals surface area contributed by atoms with Gasteiger partial charge in [0.2, 0.25) is 0 Å². The lowest BCUT2D eigenvalue weighted by atomic mass is 9.91. The molecule has 6 rings (SSSR count). The SMILES string of the molecule is Nc1c(-c2ccccc2)cc(-c2cc3cc(C(=O)N4CCNCC4)ccc3[nH]2)c2c1C(=O)NC2=O. The van der Waals surface area contributed by atoms with Gasteiger partial charge in [0.05, 0.1) is 16.8 Å². The first-order valence-electron chi connectivity index (χ1n) is 11.5. The first kappa shape index (κ1) is 21.1. The number of H-pyrrole nitrogens is 1. The molecule has 5 N–H and O–H groups in total. The Morgan fingerprint density at radius 1 is 0.857 bits per heavy atom. The monoisotopic (exact) mass is 465 g/mol. The molecule has 3 heterocycles. The van der Waals surface area contributed by atoms with Crippen LogP contribution < -0.4 is 16.4 Å². The second-order valence-electron chi connectivity index (χ2n) is 8.81. The van der Waals surface area contributed by atoms with E-state index in [2.05, 4.69) is 15.6 Å². The third kappa shape index (κ3) is 3.46. The summed E-state index contributed by atoms with van der Waals surface area (Å²) in [5, 5.41) is 6.48. The third-order valence-corrected chi connectivity index (χ3v) is 6.70. The minimum absolute atomic E-state index is 0.000801. The maximum Gasteiger partial charge on any atom is 0.261 e. The van der Waals surface area contributed by atoms with Crippen LogP contribution in [0.5, 0.6) is 0 Å². The van der Waals surface area contributed by atoms with Crippen molar-refractivity contribution in [2.75, 3.05) is 31.9 Å². The summed E-state index contributed by atoms with van der Waals surface area (Å²) >= 11 is 0. The minimum atomic E-state index is -0.499. The number of amides is 3. The smallest absolute Gasteiger partial charge is 0.261 e. The number of nitrogens with two attached hydrogens (primary N) is 1. The molecule has 3 amide bonds. The van der Waals surface area contributed by atoms with Crippen molar-refractivity contribution in [2.45, 2.75) is 0 Å². The molecule has 2 aliphatic heterocycles. The fourth-order valence-corrected chi connectivity index (χ4v) is 4.93. The summed E-state index contributed by atoms with van der Waals surface area (Å²) in [7, 11) is 0. The summed E-state index contributed by atoms with van der Waals surface area (Å²) in [5.74, 6) is -0.970. The molecule has 0 aliphatic carbocycles. The molecule has 0 bridgehead atoms. The van der Waals surface area contributed by atoms with Gasteiger partial charge in [-0.3, -0.25) is 19.7 Å². The standard InChI is InChI=1S/C27H23N5O3/c28-24-18(15-4-2-1-3-5-15)14-19(22-23(24)26(34)31-25(22)33)21-13-17-12-16(6-7-20(17)30-21)27(35)32-10-8-29-9-11-32/h1-7,12-14,29-30H,8-11,28H2,(H,31,33,34). The second-order valence-corrected chi connectivity index (χ2v) is 8.81. The number of aromatic nitrogens is 1. The summed E-state index contributed by atoms with van der Waals surface area (Å²) in [4.78, 5) is 43.6. The van der Waals surface area contributed by atoms with E-state index in [9.17, 15) is 14.4 Å². The van der Waals surface area contributed by atoms with Crippen molar-refractivity contribution >= 4 is 34.3 Å². The molecule has 3 aromatic carbocycles. The molecule has 0 radical (unpaired) electrons. The number of aromatic amines is 1. The first-order chi connectivity index (χ1) is 17.0. The quantitative estimate of drug-likeness (QED) is 0.274. The Labute approximate surface area is 201 Å². The van der Waals surface area contributed by atoms with Crippen LogP contribution in [0.25, 0.3) is 33.3 Å². The van der Waals surface area contributed by atoms with Crippen LogP contribution >= 0.6 is 0 Å². The molecule has 35 heavy (non-hydrogen) atoms. The van der Waals surface area contributed by atoms with E-state index in [0.717, 1.165) is 29.6 Å². The zero-order chi connectivity index (χ0) is 24.1. The lowest BCUT2D eigenvalue weighted by Crippen LogP contribution is -2.46. The maximum atomic E-state index is 13.0. The van der Waals surface area contributed by atoms with E-state index < -0.39 is 11.8 Å². The van der Waals surface area contributed by atoms with Crippen LogP contribution in [-0.2, 0) is 0 Å². The van der Waals surface area contributed by atoms with Crippen LogP contribution in [0, 0.1) is 0 Å². The van der Waals surface area contributed by atoms with Gasteiger partial charge in [0.25, 0.3) is 17.7 Å². The van der Waals surface area contributed by atoms with E-state index in [0.29, 0.717) is 35.5 Å². The van der Waals surface area contributed by atoms with Crippen molar-refractivity contribution in [1.29, 1.82) is 0 Å². The van der Waals surface area contributed by atoms with E-state index in [-0.39, 0.29) is 22.7 Å². The minimum Gasteiger partial charge on any atom is -0.398 e. The highest BCUT2D eigenvalue weighted by Crippen LogP contribution is 2.40. The Hall–Kier alpha value is -4.43. The summed E-state index contributed by atoms with van der Waals surface area (Å²) in [6.07, 6.45) is 0. The zero-order valence-electron chi connectivity index (χ0n) is 18.9. The molecule has 8 heteroatoms. The van der Waals surface area contributed by atoms with Crippen molar-refractivity contribution in [2.24, 2.45) is 0 Å². The zero-order valence-corrected chi connectivity index (χ0v) is 18.9. The normalized spacial score (nSPS) is 15.4. The van der Waals surface area contributed by atoms with Crippen LogP contribution in [-0.4, -0.2) is 53.8 Å². The van der Waals surface area contributed by atoms with Gasteiger partial charge in [-0.05, 0) is 35.9 Å². The number of anilines is 1. The summed E-state index contributed by atoms with van der Waals surface area (Å²) in [5.41, 5.74) is 11.4. The van der Waals surface area contributed by atoms with Crippen molar-refractivity contribution in [3.8, 4) is 22.4 Å². The highest BCUT2D eigenvalue weighted by molar-refractivity contribution is 6.27. The Morgan fingerprint density at radius 3 is 2.37 bits per heavy atom. The molecule has 0 saturated carbocycles. The largest absolute Gasteiger partial charge is 0.398 e. The van der Waals surface area contributed by atoms with Crippen LogP contribution in [0.4, 0.5) is 5.69 Å². The lowest BCUT2D eigenvalue weighted by molar-refractivity contribution is 0.0735. The highest BCUT2D eigenvalue weighted by Gasteiger charge is 2.34. The fraction of sp³-hybridized carbons (Fsp3) is 0.148. The molecule has 1 aromatic heterocycles. The number of imide groups is 1. The van der Waals surface area contributed by atoms with Crippen molar-refractivity contribution in [1.82, 2.24) is 20.5 Å². The summed E-state index contributed by atoms with van der Waals surface area (Å²) < 4.78 is 0.